The van der Waals surface area contributed by atoms with Crippen molar-refractivity contribution >= 4 is 5.97 Å². The second kappa shape index (κ2) is 6.40. The molecule has 0 aliphatic rings. The van der Waals surface area contributed by atoms with Crippen LogP contribution < -0.4 is 0 Å². The summed E-state index contributed by atoms with van der Waals surface area (Å²) in [4.78, 5) is 10.8. The third-order valence-electron chi connectivity index (χ3n) is 1.14. The smallest absolute Gasteiger partial charge is 0.333 e. The summed E-state index contributed by atoms with van der Waals surface area (Å²) in [6.07, 6.45) is 6.10. The highest BCUT2D eigenvalue weighted by Gasteiger charge is 2.00. The van der Waals surface area contributed by atoms with Crippen LogP contribution >= 0.6 is 0 Å². The van der Waals surface area contributed by atoms with E-state index < -0.39 is 0 Å². The molecule has 2 nitrogen and oxygen atoms in total. The Hall–Kier alpha value is -1.31. The minimum atomic E-state index is -0.331. The molecule has 0 heterocycles. The normalized spacial score (nSPS) is 9.75. The van der Waals surface area contributed by atoms with E-state index in [0.29, 0.717) is 18.6 Å². The fourth-order valence-corrected chi connectivity index (χ4v) is 0.535. The van der Waals surface area contributed by atoms with Gasteiger partial charge in [-0.05, 0) is 13.3 Å². The largest absolute Gasteiger partial charge is 0.462 e. The van der Waals surface area contributed by atoms with Crippen molar-refractivity contribution in [2.45, 2.75) is 13.3 Å². The molecule has 0 spiro atoms. The second-order valence-electron chi connectivity index (χ2n) is 2.37. The zero-order valence-corrected chi connectivity index (χ0v) is 7.38. The van der Waals surface area contributed by atoms with Gasteiger partial charge in [0.2, 0.25) is 0 Å². The van der Waals surface area contributed by atoms with Gasteiger partial charge in [-0.2, -0.15) is 0 Å². The van der Waals surface area contributed by atoms with Crippen LogP contribution in [0, 0.1) is 0 Å². The van der Waals surface area contributed by atoms with Crippen LogP contribution in [0.5, 0.6) is 0 Å². The molecule has 0 N–H and O–H groups in total. The van der Waals surface area contributed by atoms with E-state index in [-0.39, 0.29) is 5.97 Å². The molecule has 0 unspecified atom stereocenters. The van der Waals surface area contributed by atoms with E-state index in [9.17, 15) is 4.79 Å². The van der Waals surface area contributed by atoms with Crippen molar-refractivity contribution in [2.24, 2.45) is 0 Å². The maximum absolute atomic E-state index is 10.8. The maximum atomic E-state index is 10.8. The van der Waals surface area contributed by atoms with Gasteiger partial charge in [-0.3, -0.25) is 0 Å². The summed E-state index contributed by atoms with van der Waals surface area (Å²) < 4.78 is 4.83. The van der Waals surface area contributed by atoms with Gasteiger partial charge in [0.15, 0.2) is 0 Å². The van der Waals surface area contributed by atoms with Crippen LogP contribution in [0.2, 0.25) is 0 Å². The number of carbonyl (C=O) groups is 1. The van der Waals surface area contributed by atoms with Crippen molar-refractivity contribution in [1.29, 1.82) is 0 Å². The molecule has 0 aromatic carbocycles. The number of allylic oxidation sites excluding steroid dienone is 2. The quantitative estimate of drug-likeness (QED) is 0.271. The maximum Gasteiger partial charge on any atom is 0.333 e. The molecule has 0 bridgehead atoms. The highest BCUT2D eigenvalue weighted by Crippen LogP contribution is 1.93. The first-order valence-corrected chi connectivity index (χ1v) is 3.78. The van der Waals surface area contributed by atoms with Gasteiger partial charge in [-0.1, -0.05) is 31.4 Å². The molecule has 2 heteroatoms. The molecule has 0 radical (unpaired) electrons. The highest BCUT2D eigenvalue weighted by molar-refractivity contribution is 5.86. The Morgan fingerprint density at radius 1 is 1.58 bits per heavy atom. The summed E-state index contributed by atoms with van der Waals surface area (Å²) in [6, 6.07) is 0. The molecule has 66 valence electrons. The lowest BCUT2D eigenvalue weighted by molar-refractivity contribution is -0.138. The summed E-state index contributed by atoms with van der Waals surface area (Å²) >= 11 is 0. The van der Waals surface area contributed by atoms with Gasteiger partial charge in [0, 0.05) is 5.57 Å². The summed E-state index contributed by atoms with van der Waals surface area (Å²) in [5.41, 5.74) is 0.433. The molecular weight excluding hydrogens is 152 g/mol. The zero-order chi connectivity index (χ0) is 9.40. The van der Waals surface area contributed by atoms with E-state index in [1.807, 2.05) is 12.2 Å². The molecule has 0 aromatic rings. The second-order valence-corrected chi connectivity index (χ2v) is 2.37. The SMILES string of the molecule is C=C/C=C/CCOC(=O)C(=C)C. The minimum Gasteiger partial charge on any atom is -0.462 e. The van der Waals surface area contributed by atoms with E-state index in [1.165, 1.54) is 0 Å². The highest BCUT2D eigenvalue weighted by atomic mass is 16.5. The van der Waals surface area contributed by atoms with Crippen LogP contribution in [-0.4, -0.2) is 12.6 Å². The Balaban J connectivity index is 3.44. The average Bonchev–Trinajstić information content (AvgIpc) is 2.03. The van der Waals surface area contributed by atoms with Crippen molar-refractivity contribution in [1.82, 2.24) is 0 Å². The molecule has 0 amide bonds. The summed E-state index contributed by atoms with van der Waals surface area (Å²) in [7, 11) is 0. The van der Waals surface area contributed by atoms with Crippen LogP contribution in [0.15, 0.2) is 37.0 Å². The molecule has 0 aliphatic heterocycles. The predicted molar refractivity (Wildman–Crippen MR) is 49.7 cm³/mol. The van der Waals surface area contributed by atoms with Crippen molar-refractivity contribution in [3.05, 3.63) is 37.0 Å². The summed E-state index contributed by atoms with van der Waals surface area (Å²) in [5.74, 6) is -0.331. The molecule has 0 fully saturated rings. The van der Waals surface area contributed by atoms with Crippen LogP contribution in [0.25, 0.3) is 0 Å². The lowest BCUT2D eigenvalue weighted by atomic mass is 10.3. The molecule has 0 saturated heterocycles. The van der Waals surface area contributed by atoms with Crippen molar-refractivity contribution in [2.75, 3.05) is 6.61 Å². The Bertz CT molecular complexity index is 202. The lowest BCUT2D eigenvalue weighted by Gasteiger charge is -2.00. The fourth-order valence-electron chi connectivity index (χ4n) is 0.535. The Kier molecular flexibility index (Phi) is 5.70. The third-order valence-corrected chi connectivity index (χ3v) is 1.14. The van der Waals surface area contributed by atoms with Crippen LogP contribution in [0.4, 0.5) is 0 Å². The number of ether oxygens (including phenoxy) is 1. The first-order chi connectivity index (χ1) is 5.68. The topological polar surface area (TPSA) is 26.3 Å². The molecule has 0 aliphatic carbocycles. The van der Waals surface area contributed by atoms with E-state index in [0.717, 1.165) is 0 Å². The zero-order valence-electron chi connectivity index (χ0n) is 7.38. The van der Waals surface area contributed by atoms with Crippen LogP contribution in [0.3, 0.4) is 0 Å². The molecule has 0 saturated carbocycles. The molecule has 0 aromatic heterocycles. The number of rotatable bonds is 5. The van der Waals surface area contributed by atoms with Crippen LogP contribution in [-0.2, 0) is 9.53 Å². The van der Waals surface area contributed by atoms with Gasteiger partial charge in [-0.25, -0.2) is 4.79 Å². The van der Waals surface area contributed by atoms with Crippen molar-refractivity contribution in [3.63, 3.8) is 0 Å². The van der Waals surface area contributed by atoms with Gasteiger partial charge in [0.05, 0.1) is 6.61 Å². The van der Waals surface area contributed by atoms with E-state index >= 15 is 0 Å². The Morgan fingerprint density at radius 3 is 2.75 bits per heavy atom. The molecular formula is C10H14O2. The first kappa shape index (κ1) is 10.7. The van der Waals surface area contributed by atoms with Crippen molar-refractivity contribution < 1.29 is 9.53 Å². The molecule has 12 heavy (non-hydrogen) atoms. The van der Waals surface area contributed by atoms with Crippen LogP contribution in [0.1, 0.15) is 13.3 Å². The monoisotopic (exact) mass is 166 g/mol. The van der Waals surface area contributed by atoms with Gasteiger partial charge in [0.25, 0.3) is 0 Å². The Labute approximate surface area is 73.2 Å². The predicted octanol–water partition coefficient (Wildman–Crippen LogP) is 2.24. The van der Waals surface area contributed by atoms with E-state index in [2.05, 4.69) is 13.2 Å². The van der Waals surface area contributed by atoms with Gasteiger partial charge >= 0.3 is 5.97 Å². The number of hydrogen-bond acceptors (Lipinski definition) is 2. The summed E-state index contributed by atoms with van der Waals surface area (Å²) in [5, 5.41) is 0. The number of hydrogen-bond donors (Lipinski definition) is 0. The first-order valence-electron chi connectivity index (χ1n) is 3.78. The average molecular weight is 166 g/mol. The Morgan fingerprint density at radius 2 is 2.25 bits per heavy atom. The molecule has 0 rings (SSSR count). The minimum absolute atomic E-state index is 0.331. The number of esters is 1. The van der Waals surface area contributed by atoms with Gasteiger partial charge < -0.3 is 4.74 Å². The van der Waals surface area contributed by atoms with E-state index in [1.54, 1.807) is 13.0 Å². The fraction of sp³-hybridized carbons (Fsp3) is 0.300. The van der Waals surface area contributed by atoms with Gasteiger partial charge in [-0.15, -0.1) is 0 Å². The van der Waals surface area contributed by atoms with Crippen molar-refractivity contribution in [3.8, 4) is 0 Å². The van der Waals surface area contributed by atoms with Gasteiger partial charge in [0.1, 0.15) is 0 Å². The number of carbonyl (C=O) groups excluding carboxylic acids is 1. The standard InChI is InChI=1S/C10H14O2/c1-4-5-6-7-8-12-10(11)9(2)3/h4-6H,1-2,7-8H2,3H3/b6-5+. The summed E-state index contributed by atoms with van der Waals surface area (Å²) in [6.45, 7) is 9.00. The molecule has 0 atom stereocenters. The third kappa shape index (κ3) is 5.47. The lowest BCUT2D eigenvalue weighted by Crippen LogP contribution is -2.05. The van der Waals surface area contributed by atoms with E-state index in [4.69, 9.17) is 4.74 Å².